The van der Waals surface area contributed by atoms with Crippen molar-refractivity contribution in [2.24, 2.45) is 5.41 Å². The van der Waals surface area contributed by atoms with E-state index in [-0.39, 0.29) is 17.1 Å². The van der Waals surface area contributed by atoms with E-state index in [1.54, 1.807) is 0 Å². The highest BCUT2D eigenvalue weighted by Crippen LogP contribution is 2.44. The third-order valence-electron chi connectivity index (χ3n) is 3.48. The zero-order valence-electron chi connectivity index (χ0n) is 11.4. The van der Waals surface area contributed by atoms with Crippen LogP contribution in [-0.4, -0.2) is 48.2 Å². The summed E-state index contributed by atoms with van der Waals surface area (Å²) in [7, 11) is 0. The molecule has 0 aromatic rings. The number of ether oxygens (including phenoxy) is 1. The van der Waals surface area contributed by atoms with Crippen LogP contribution in [-0.2, 0) is 14.3 Å². The van der Waals surface area contributed by atoms with Gasteiger partial charge < -0.3 is 15.2 Å². The highest BCUT2D eigenvalue weighted by atomic mass is 32.2. The van der Waals surface area contributed by atoms with E-state index in [1.165, 1.54) is 11.8 Å². The van der Waals surface area contributed by atoms with Gasteiger partial charge in [0.15, 0.2) is 0 Å². The van der Waals surface area contributed by atoms with Gasteiger partial charge in [0.1, 0.15) is 0 Å². The first-order valence-electron chi connectivity index (χ1n) is 6.76. The number of hydrogen-bond donors (Lipinski definition) is 2. The van der Waals surface area contributed by atoms with Gasteiger partial charge in [-0.3, -0.25) is 9.59 Å². The van der Waals surface area contributed by atoms with Crippen LogP contribution in [0.25, 0.3) is 0 Å². The maximum Gasteiger partial charge on any atom is 0.313 e. The molecule has 0 unspecified atom stereocenters. The van der Waals surface area contributed by atoms with Crippen LogP contribution in [0, 0.1) is 5.41 Å². The van der Waals surface area contributed by atoms with Gasteiger partial charge in [-0.1, -0.05) is 6.42 Å². The second-order valence-corrected chi connectivity index (χ2v) is 5.89. The molecule has 0 saturated heterocycles. The molecule has 0 aliphatic heterocycles. The van der Waals surface area contributed by atoms with E-state index in [2.05, 4.69) is 5.32 Å². The molecule has 0 aromatic heterocycles. The molecule has 0 heterocycles. The van der Waals surface area contributed by atoms with Gasteiger partial charge in [0.05, 0.1) is 11.2 Å². The normalized spacial score (nSPS) is 16.7. The molecule has 1 aliphatic rings. The van der Waals surface area contributed by atoms with Gasteiger partial charge in [0.25, 0.3) is 0 Å². The molecule has 0 spiro atoms. The molecule has 2 N–H and O–H groups in total. The molecule has 1 aliphatic carbocycles. The molecule has 0 atom stereocenters. The number of carboxylic acids is 1. The second kappa shape index (κ2) is 8.43. The Kier molecular flexibility index (Phi) is 7.23. The predicted molar refractivity (Wildman–Crippen MR) is 75.4 cm³/mol. The van der Waals surface area contributed by atoms with Gasteiger partial charge >= 0.3 is 5.97 Å². The number of amides is 1. The largest absolute Gasteiger partial charge is 0.481 e. The van der Waals surface area contributed by atoms with Crippen LogP contribution in [0.5, 0.6) is 0 Å². The Morgan fingerprint density at radius 3 is 2.68 bits per heavy atom. The average molecular weight is 289 g/mol. The fourth-order valence-electron chi connectivity index (χ4n) is 2.19. The lowest BCUT2D eigenvalue weighted by atomic mass is 9.66. The molecule has 1 amide bonds. The predicted octanol–water partition coefficient (Wildman–Crippen LogP) is 1.52. The quantitative estimate of drug-likeness (QED) is 0.596. The first kappa shape index (κ1) is 16.3. The summed E-state index contributed by atoms with van der Waals surface area (Å²) in [5.41, 5.74) is -0.230. The third kappa shape index (κ3) is 5.40. The molecule has 0 aromatic carbocycles. The first-order valence-corrected chi connectivity index (χ1v) is 7.92. The lowest BCUT2D eigenvalue weighted by Gasteiger charge is -2.40. The zero-order valence-corrected chi connectivity index (χ0v) is 12.3. The highest BCUT2D eigenvalue weighted by molar-refractivity contribution is 7.99. The number of thioether (sulfide) groups is 1. The summed E-state index contributed by atoms with van der Waals surface area (Å²) in [5, 5.41) is 11.4. The Balaban J connectivity index is 2.20. The summed E-state index contributed by atoms with van der Waals surface area (Å²) in [6.07, 6.45) is 3.77. The summed E-state index contributed by atoms with van der Waals surface area (Å²) < 4.78 is 5.34. The van der Waals surface area contributed by atoms with Crippen molar-refractivity contribution in [1.82, 2.24) is 5.32 Å². The van der Waals surface area contributed by atoms with Crippen LogP contribution in [0.15, 0.2) is 0 Å². The number of carbonyl (C=O) groups is 2. The fourth-order valence-corrected chi connectivity index (χ4v) is 2.76. The summed E-state index contributed by atoms with van der Waals surface area (Å²) in [4.78, 5) is 22.5. The highest BCUT2D eigenvalue weighted by Gasteiger charge is 2.43. The van der Waals surface area contributed by atoms with Crippen LogP contribution in [0.4, 0.5) is 0 Å². The molecule has 1 saturated carbocycles. The van der Waals surface area contributed by atoms with E-state index in [9.17, 15) is 9.59 Å². The minimum atomic E-state index is -0.816. The molecule has 0 bridgehead atoms. The first-order chi connectivity index (χ1) is 9.10. The van der Waals surface area contributed by atoms with Crippen molar-refractivity contribution in [2.45, 2.75) is 32.6 Å². The van der Waals surface area contributed by atoms with Gasteiger partial charge in [0.2, 0.25) is 5.91 Å². The molecule has 6 heteroatoms. The van der Waals surface area contributed by atoms with Crippen molar-refractivity contribution in [3.05, 3.63) is 0 Å². The Labute approximate surface area is 118 Å². The number of hydrogen-bond acceptors (Lipinski definition) is 4. The average Bonchev–Trinajstić information content (AvgIpc) is 2.31. The van der Waals surface area contributed by atoms with Gasteiger partial charge in [-0.2, -0.15) is 0 Å². The Hall–Kier alpha value is -0.750. The molecular formula is C13H23NO4S. The van der Waals surface area contributed by atoms with Crippen molar-refractivity contribution >= 4 is 23.6 Å². The number of nitrogens with one attached hydrogen (secondary N) is 1. The van der Waals surface area contributed by atoms with Crippen LogP contribution in [0.3, 0.4) is 0 Å². The Morgan fingerprint density at radius 1 is 1.42 bits per heavy atom. The maximum atomic E-state index is 12.1. The third-order valence-corrected chi connectivity index (χ3v) is 4.42. The van der Waals surface area contributed by atoms with Gasteiger partial charge in [0, 0.05) is 25.5 Å². The van der Waals surface area contributed by atoms with Crippen LogP contribution in [0.1, 0.15) is 32.6 Å². The zero-order chi connectivity index (χ0) is 14.1. The number of rotatable bonds is 10. The van der Waals surface area contributed by atoms with E-state index in [1.807, 2.05) is 6.92 Å². The van der Waals surface area contributed by atoms with Crippen molar-refractivity contribution in [1.29, 1.82) is 0 Å². The lowest BCUT2D eigenvalue weighted by molar-refractivity contribution is -0.137. The molecule has 5 nitrogen and oxygen atoms in total. The molecule has 0 radical (unpaired) electrons. The smallest absolute Gasteiger partial charge is 0.313 e. The van der Waals surface area contributed by atoms with E-state index < -0.39 is 5.97 Å². The number of aliphatic carboxylic acids is 1. The minimum Gasteiger partial charge on any atom is -0.481 e. The number of carbonyl (C=O) groups excluding carboxylic acids is 1. The summed E-state index contributed by atoms with van der Waals surface area (Å²) in [5.74, 6) is 0.0168. The van der Waals surface area contributed by atoms with E-state index in [0.717, 1.165) is 25.7 Å². The van der Waals surface area contributed by atoms with E-state index >= 15 is 0 Å². The second-order valence-electron chi connectivity index (χ2n) is 4.78. The van der Waals surface area contributed by atoms with Crippen molar-refractivity contribution < 1.29 is 19.4 Å². The van der Waals surface area contributed by atoms with E-state index in [0.29, 0.717) is 25.5 Å². The summed E-state index contributed by atoms with van der Waals surface area (Å²) in [6, 6.07) is 0. The lowest BCUT2D eigenvalue weighted by Crippen LogP contribution is -2.47. The van der Waals surface area contributed by atoms with Crippen LogP contribution in [0.2, 0.25) is 0 Å². The maximum absolute atomic E-state index is 12.1. The Bertz CT molecular complexity index is 305. The van der Waals surface area contributed by atoms with Crippen LogP contribution < -0.4 is 5.32 Å². The molecule has 1 fully saturated rings. The molecular weight excluding hydrogens is 266 g/mol. The fraction of sp³-hybridized carbons (Fsp3) is 0.846. The topological polar surface area (TPSA) is 75.6 Å². The number of carboxylic acid groups (broad SMARTS) is 1. The van der Waals surface area contributed by atoms with Crippen molar-refractivity contribution in [2.75, 3.05) is 31.3 Å². The van der Waals surface area contributed by atoms with Crippen LogP contribution >= 0.6 is 11.8 Å². The van der Waals surface area contributed by atoms with Crippen molar-refractivity contribution in [3.8, 4) is 0 Å². The van der Waals surface area contributed by atoms with Crippen molar-refractivity contribution in [3.63, 3.8) is 0 Å². The van der Waals surface area contributed by atoms with Gasteiger partial charge in [-0.15, -0.1) is 11.8 Å². The van der Waals surface area contributed by atoms with E-state index in [4.69, 9.17) is 9.84 Å². The Morgan fingerprint density at radius 2 is 2.16 bits per heavy atom. The molecule has 110 valence electrons. The SMILES string of the molecule is CCOCCC1(C(=O)NCCSCC(=O)O)CCC1. The van der Waals surface area contributed by atoms with Gasteiger partial charge in [-0.25, -0.2) is 0 Å². The summed E-state index contributed by atoms with van der Waals surface area (Å²) in [6.45, 7) is 3.81. The van der Waals surface area contributed by atoms with Gasteiger partial charge in [-0.05, 0) is 26.2 Å². The molecule has 19 heavy (non-hydrogen) atoms. The summed E-state index contributed by atoms with van der Waals surface area (Å²) >= 11 is 1.32. The standard InChI is InChI=1S/C13H23NO4S/c1-2-18-8-6-13(4-3-5-13)12(17)14-7-9-19-10-11(15)16/h2-10H2,1H3,(H,14,17)(H,15,16). The minimum absolute atomic E-state index is 0.0886. The molecule has 1 rings (SSSR count). The monoisotopic (exact) mass is 289 g/mol.